The van der Waals surface area contributed by atoms with Crippen LogP contribution in [0.15, 0.2) is 47.8 Å². The number of benzene rings is 1. The Kier molecular flexibility index (Phi) is 6.79. The van der Waals surface area contributed by atoms with Crippen LogP contribution < -0.4 is 5.32 Å². The number of hydrogen-bond acceptors (Lipinski definition) is 4. The summed E-state index contributed by atoms with van der Waals surface area (Å²) in [6.45, 7) is -0.0454. The molecular weight excluding hydrogens is 302 g/mol. The molecule has 0 bridgehead atoms. The van der Waals surface area contributed by atoms with Gasteiger partial charge in [0.2, 0.25) is 5.91 Å². The van der Waals surface area contributed by atoms with Crippen LogP contribution in [0.5, 0.6) is 0 Å². The van der Waals surface area contributed by atoms with Crippen molar-refractivity contribution in [1.29, 1.82) is 0 Å². The lowest BCUT2D eigenvalue weighted by molar-refractivity contribution is -0.119. The fourth-order valence-electron chi connectivity index (χ4n) is 1.97. The molecule has 3 nitrogen and oxygen atoms in total. The van der Waals surface area contributed by atoms with Crippen molar-refractivity contribution in [2.45, 2.75) is 18.2 Å². The lowest BCUT2D eigenvalue weighted by Crippen LogP contribution is -2.40. The van der Waals surface area contributed by atoms with E-state index in [1.165, 1.54) is 4.88 Å². The number of aliphatic hydroxyl groups is 1. The molecule has 0 aliphatic carbocycles. The molecule has 1 heterocycles. The predicted molar refractivity (Wildman–Crippen MR) is 89.6 cm³/mol. The van der Waals surface area contributed by atoms with Gasteiger partial charge in [0.05, 0.1) is 18.4 Å². The Labute approximate surface area is 133 Å². The van der Waals surface area contributed by atoms with Gasteiger partial charge in [0, 0.05) is 10.6 Å². The highest BCUT2D eigenvalue weighted by Crippen LogP contribution is 2.16. The van der Waals surface area contributed by atoms with Crippen molar-refractivity contribution >= 4 is 29.0 Å². The number of carbonyl (C=O) groups is 1. The van der Waals surface area contributed by atoms with Gasteiger partial charge in [-0.05, 0) is 23.4 Å². The van der Waals surface area contributed by atoms with Crippen LogP contribution in [0.4, 0.5) is 0 Å². The maximum atomic E-state index is 11.9. The van der Waals surface area contributed by atoms with E-state index in [0.29, 0.717) is 12.2 Å². The van der Waals surface area contributed by atoms with Gasteiger partial charge in [-0.2, -0.15) is 0 Å². The molecule has 112 valence electrons. The van der Waals surface area contributed by atoms with Crippen molar-refractivity contribution in [2.24, 2.45) is 0 Å². The minimum atomic E-state index is -0.220. The first-order valence-corrected chi connectivity index (χ1v) is 8.85. The molecule has 1 aromatic carbocycles. The van der Waals surface area contributed by atoms with Crippen molar-refractivity contribution < 1.29 is 9.90 Å². The average molecular weight is 321 g/mol. The average Bonchev–Trinajstić information content (AvgIpc) is 3.01. The molecule has 0 saturated carbocycles. The maximum Gasteiger partial charge on any atom is 0.230 e. The first-order valence-electron chi connectivity index (χ1n) is 6.82. The lowest BCUT2D eigenvalue weighted by Gasteiger charge is -2.16. The Morgan fingerprint density at radius 1 is 1.24 bits per heavy atom. The van der Waals surface area contributed by atoms with E-state index in [1.54, 1.807) is 23.1 Å². The molecule has 0 radical (unpaired) electrons. The summed E-state index contributed by atoms with van der Waals surface area (Å²) in [7, 11) is 0. The van der Waals surface area contributed by atoms with Crippen LogP contribution in [-0.2, 0) is 17.0 Å². The van der Waals surface area contributed by atoms with Gasteiger partial charge >= 0.3 is 0 Å². The van der Waals surface area contributed by atoms with E-state index in [-0.39, 0.29) is 18.6 Å². The molecule has 21 heavy (non-hydrogen) atoms. The first-order chi connectivity index (χ1) is 10.3. The molecule has 1 amide bonds. The van der Waals surface area contributed by atoms with Crippen LogP contribution in [0.1, 0.15) is 10.4 Å². The molecule has 2 aromatic rings. The molecule has 2 N–H and O–H groups in total. The number of nitrogens with one attached hydrogen (secondary N) is 1. The van der Waals surface area contributed by atoms with Crippen LogP contribution in [0.25, 0.3) is 0 Å². The summed E-state index contributed by atoms with van der Waals surface area (Å²) >= 11 is 3.30. The number of amides is 1. The summed E-state index contributed by atoms with van der Waals surface area (Å²) in [5.41, 5.74) is 1.11. The Bertz CT molecular complexity index is 528. The molecule has 0 spiro atoms. The molecule has 1 aromatic heterocycles. The van der Waals surface area contributed by atoms with E-state index in [9.17, 15) is 9.90 Å². The molecule has 0 aliphatic rings. The molecule has 2 rings (SSSR count). The largest absolute Gasteiger partial charge is 0.394 e. The number of carbonyl (C=O) groups excluding carboxylic acids is 1. The zero-order valence-electron chi connectivity index (χ0n) is 11.7. The minimum Gasteiger partial charge on any atom is -0.394 e. The van der Waals surface area contributed by atoms with Crippen LogP contribution in [0, 0.1) is 0 Å². The van der Waals surface area contributed by atoms with E-state index >= 15 is 0 Å². The van der Waals surface area contributed by atoms with Gasteiger partial charge < -0.3 is 10.4 Å². The van der Waals surface area contributed by atoms with E-state index in [0.717, 1.165) is 11.3 Å². The minimum absolute atomic E-state index is 0.0217. The third-order valence-electron chi connectivity index (χ3n) is 2.97. The monoisotopic (exact) mass is 321 g/mol. The van der Waals surface area contributed by atoms with Crippen LogP contribution >= 0.6 is 23.1 Å². The summed E-state index contributed by atoms with van der Waals surface area (Å²) in [4.78, 5) is 13.2. The molecule has 0 fully saturated rings. The fourth-order valence-corrected chi connectivity index (χ4v) is 3.65. The molecule has 0 aliphatic heterocycles. The summed E-state index contributed by atoms with van der Waals surface area (Å²) in [5, 5.41) is 14.3. The second-order valence-electron chi connectivity index (χ2n) is 4.71. The quantitative estimate of drug-likeness (QED) is 0.786. The summed E-state index contributed by atoms with van der Waals surface area (Å²) in [6, 6.07) is 13.7. The van der Waals surface area contributed by atoms with Gasteiger partial charge in [0.15, 0.2) is 0 Å². The topological polar surface area (TPSA) is 49.3 Å². The standard InChI is InChI=1S/C16H19NO2S2/c18-10-14(9-13-5-2-1-3-6-13)17-16(19)12-20-11-15-7-4-8-21-15/h1-8,14,18H,9-12H2,(H,17,19). The fraction of sp³-hybridized carbons (Fsp3) is 0.312. The second kappa shape index (κ2) is 8.87. The first kappa shape index (κ1) is 16.1. The molecule has 0 saturated heterocycles. The zero-order chi connectivity index (χ0) is 14.9. The van der Waals surface area contributed by atoms with Crippen LogP contribution in [0.2, 0.25) is 0 Å². The normalized spacial score (nSPS) is 12.0. The summed E-state index contributed by atoms with van der Waals surface area (Å²) < 4.78 is 0. The SMILES string of the molecule is O=C(CSCc1cccs1)NC(CO)Cc1ccccc1. The number of rotatable bonds is 8. The molecule has 5 heteroatoms. The van der Waals surface area contributed by atoms with Gasteiger partial charge in [0.25, 0.3) is 0 Å². The van der Waals surface area contributed by atoms with E-state index in [1.807, 2.05) is 41.8 Å². The van der Waals surface area contributed by atoms with E-state index < -0.39 is 0 Å². The Morgan fingerprint density at radius 2 is 2.05 bits per heavy atom. The Hall–Kier alpha value is -1.30. The molecular formula is C16H19NO2S2. The van der Waals surface area contributed by atoms with Crippen molar-refractivity contribution in [1.82, 2.24) is 5.32 Å². The number of hydrogen-bond donors (Lipinski definition) is 2. The maximum absolute atomic E-state index is 11.9. The van der Waals surface area contributed by atoms with Crippen molar-refractivity contribution in [2.75, 3.05) is 12.4 Å². The van der Waals surface area contributed by atoms with Gasteiger partial charge in [-0.1, -0.05) is 36.4 Å². The lowest BCUT2D eigenvalue weighted by atomic mass is 10.1. The van der Waals surface area contributed by atoms with E-state index in [4.69, 9.17) is 0 Å². The number of thiophene rings is 1. The van der Waals surface area contributed by atoms with E-state index in [2.05, 4.69) is 11.4 Å². The van der Waals surface area contributed by atoms with Gasteiger partial charge in [0.1, 0.15) is 0 Å². The summed E-state index contributed by atoms with van der Waals surface area (Å²) in [6.07, 6.45) is 0.651. The van der Waals surface area contributed by atoms with Crippen molar-refractivity contribution in [3.8, 4) is 0 Å². The second-order valence-corrected chi connectivity index (χ2v) is 6.73. The number of aliphatic hydroxyl groups excluding tert-OH is 1. The summed E-state index contributed by atoms with van der Waals surface area (Å²) in [5.74, 6) is 1.25. The van der Waals surface area contributed by atoms with Crippen LogP contribution in [0.3, 0.4) is 0 Å². The predicted octanol–water partition coefficient (Wildman–Crippen LogP) is 2.70. The van der Waals surface area contributed by atoms with Crippen molar-refractivity contribution in [3.05, 3.63) is 58.3 Å². The zero-order valence-corrected chi connectivity index (χ0v) is 13.3. The smallest absolute Gasteiger partial charge is 0.230 e. The van der Waals surface area contributed by atoms with Crippen molar-refractivity contribution in [3.63, 3.8) is 0 Å². The van der Waals surface area contributed by atoms with Crippen LogP contribution in [-0.4, -0.2) is 29.4 Å². The third kappa shape index (κ3) is 5.91. The highest BCUT2D eigenvalue weighted by molar-refractivity contribution is 7.99. The third-order valence-corrected chi connectivity index (χ3v) is 5.01. The highest BCUT2D eigenvalue weighted by Gasteiger charge is 2.12. The van der Waals surface area contributed by atoms with Gasteiger partial charge in [-0.15, -0.1) is 23.1 Å². The van der Waals surface area contributed by atoms with Gasteiger partial charge in [-0.25, -0.2) is 0 Å². The Morgan fingerprint density at radius 3 is 2.71 bits per heavy atom. The molecule has 1 atom stereocenters. The highest BCUT2D eigenvalue weighted by atomic mass is 32.2. The molecule has 1 unspecified atom stereocenters. The number of thioether (sulfide) groups is 1. The van der Waals surface area contributed by atoms with Gasteiger partial charge in [-0.3, -0.25) is 4.79 Å². The Balaban J connectivity index is 1.72.